The van der Waals surface area contributed by atoms with Crippen molar-refractivity contribution in [3.63, 3.8) is 0 Å². The summed E-state index contributed by atoms with van der Waals surface area (Å²) in [5.74, 6) is -6.55. The van der Waals surface area contributed by atoms with Crippen molar-refractivity contribution in [1.29, 1.82) is 0 Å². The Balaban J connectivity index is 2.12. The molecule has 0 radical (unpaired) electrons. The highest BCUT2D eigenvalue weighted by molar-refractivity contribution is 5.94. The Hall–Kier alpha value is -5.65. The molecule has 2 aromatic heterocycles. The van der Waals surface area contributed by atoms with E-state index < -0.39 is 94.5 Å². The molecule has 0 aliphatic heterocycles. The van der Waals surface area contributed by atoms with Gasteiger partial charge in [-0.05, 0) is 63.8 Å². The van der Waals surface area contributed by atoms with Gasteiger partial charge in [0.1, 0.15) is 18.1 Å². The van der Waals surface area contributed by atoms with Crippen LogP contribution in [0.1, 0.15) is 98.9 Å². The van der Waals surface area contributed by atoms with E-state index in [4.69, 9.17) is 5.11 Å². The molecule has 0 saturated heterocycles. The van der Waals surface area contributed by atoms with Crippen LogP contribution in [-0.4, -0.2) is 107 Å². The number of pyridine rings is 2. The molecule has 0 bridgehead atoms. The van der Waals surface area contributed by atoms with Crippen molar-refractivity contribution in [1.82, 2.24) is 36.1 Å². The van der Waals surface area contributed by atoms with Crippen molar-refractivity contribution in [3.05, 3.63) is 60.2 Å². The van der Waals surface area contributed by atoms with Crippen LogP contribution < -0.4 is 21.3 Å². The number of aliphatic carboxylic acids is 4. The molecule has 2 heterocycles. The summed E-state index contributed by atoms with van der Waals surface area (Å²) in [6.07, 6.45) is 2.84. The molecule has 0 aliphatic carbocycles. The number of aromatic nitrogens is 2. The third kappa shape index (κ3) is 12.9. The molecule has 18 heteroatoms. The van der Waals surface area contributed by atoms with Crippen LogP contribution in [0, 0.1) is 16.2 Å². The summed E-state index contributed by atoms with van der Waals surface area (Å²) in [5, 5.41) is 48.0. The fourth-order valence-electron chi connectivity index (χ4n) is 6.05. The SMILES string of the molecule is CC(C)(C(=O)NCCCCC(NC(=O)NC(CCC(=O)O)C(=O)O)C(=O)O)C(C)(C)C(=O)NC(C(=O)O)C(C)(C)C(C)(C)N(Cc1ccccn1)Cc1ccccn1. The minimum atomic E-state index is -1.54. The molecule has 8 N–H and O–H groups in total. The lowest BCUT2D eigenvalue weighted by molar-refractivity contribution is -0.155. The highest BCUT2D eigenvalue weighted by atomic mass is 16.4. The molecule has 0 aromatic carbocycles. The monoisotopic (exact) mass is 813 g/mol. The molecular formula is C40H59N7O11. The molecule has 2 rings (SSSR count). The predicted octanol–water partition coefficient (Wildman–Crippen LogP) is 3.26. The van der Waals surface area contributed by atoms with E-state index in [2.05, 4.69) is 36.1 Å². The summed E-state index contributed by atoms with van der Waals surface area (Å²) in [6.45, 7) is 14.4. The van der Waals surface area contributed by atoms with Crippen LogP contribution in [0.2, 0.25) is 0 Å². The van der Waals surface area contributed by atoms with Crippen LogP contribution in [0.5, 0.6) is 0 Å². The lowest BCUT2D eigenvalue weighted by Crippen LogP contribution is -2.65. The Bertz CT molecular complexity index is 1710. The quantitative estimate of drug-likeness (QED) is 0.0707. The normalized spacial score (nSPS) is 13.7. The van der Waals surface area contributed by atoms with Crippen molar-refractivity contribution in [2.45, 2.75) is 124 Å². The molecule has 58 heavy (non-hydrogen) atoms. The van der Waals surface area contributed by atoms with Crippen LogP contribution >= 0.6 is 0 Å². The number of unbranched alkanes of at least 4 members (excludes halogenated alkanes) is 1. The maximum absolute atomic E-state index is 14.1. The van der Waals surface area contributed by atoms with Gasteiger partial charge in [0.2, 0.25) is 11.8 Å². The number of hydrogen-bond acceptors (Lipinski definition) is 10. The van der Waals surface area contributed by atoms with Gasteiger partial charge < -0.3 is 41.7 Å². The van der Waals surface area contributed by atoms with Gasteiger partial charge in [0.25, 0.3) is 0 Å². The van der Waals surface area contributed by atoms with E-state index in [-0.39, 0.29) is 25.8 Å². The molecule has 320 valence electrons. The van der Waals surface area contributed by atoms with E-state index in [0.717, 1.165) is 11.4 Å². The van der Waals surface area contributed by atoms with E-state index in [1.54, 1.807) is 66.1 Å². The second kappa shape index (κ2) is 20.7. The first-order valence-corrected chi connectivity index (χ1v) is 19.0. The number of nitrogens with one attached hydrogen (secondary N) is 4. The average molecular weight is 814 g/mol. The lowest BCUT2D eigenvalue weighted by atomic mass is 9.65. The van der Waals surface area contributed by atoms with Crippen molar-refractivity contribution < 1.29 is 54.0 Å². The number of carboxylic acid groups (broad SMARTS) is 4. The zero-order chi connectivity index (χ0) is 44.1. The summed E-state index contributed by atoms with van der Waals surface area (Å²) in [7, 11) is 0. The Morgan fingerprint density at radius 2 is 1.12 bits per heavy atom. The Labute approximate surface area is 338 Å². The smallest absolute Gasteiger partial charge is 0.326 e. The van der Waals surface area contributed by atoms with Crippen LogP contribution in [0.4, 0.5) is 4.79 Å². The third-order valence-corrected chi connectivity index (χ3v) is 11.5. The molecule has 3 unspecified atom stereocenters. The van der Waals surface area contributed by atoms with Crippen LogP contribution in [0.3, 0.4) is 0 Å². The van der Waals surface area contributed by atoms with Crippen molar-refractivity contribution >= 4 is 41.7 Å². The standard InChI is InChI=1S/C40H59N7O11/c1-37(2,40(7,8)47(23-25-15-9-12-20-41-25)24-26-16-10-13-21-42-26)30(33(54)55)46-35(57)39(5,6)38(3,4)34(56)43-22-14-11-17-27(31(50)51)44-36(58)45-28(32(52)53)18-19-29(48)49/h9-10,12-13,15-16,20-21,27-28,30H,11,14,17-19,22-24H2,1-8H3,(H,43,56)(H,46,57)(H,48,49)(H,50,51)(H,52,53)(H,54,55)(H2,44,45,58). The van der Waals surface area contributed by atoms with Crippen LogP contribution in [0.15, 0.2) is 48.8 Å². The number of urea groups is 1. The van der Waals surface area contributed by atoms with Gasteiger partial charge >= 0.3 is 29.9 Å². The lowest BCUT2D eigenvalue weighted by Gasteiger charge is -2.52. The molecule has 3 atom stereocenters. The summed E-state index contributed by atoms with van der Waals surface area (Å²) in [6, 6.07) is 5.66. The zero-order valence-corrected chi connectivity index (χ0v) is 34.5. The maximum atomic E-state index is 14.1. The van der Waals surface area contributed by atoms with Crippen molar-refractivity contribution in [2.24, 2.45) is 16.2 Å². The van der Waals surface area contributed by atoms with Crippen molar-refractivity contribution in [2.75, 3.05) is 6.54 Å². The minimum Gasteiger partial charge on any atom is -0.481 e. The van der Waals surface area contributed by atoms with Gasteiger partial charge in [-0.15, -0.1) is 0 Å². The topological polar surface area (TPSA) is 278 Å². The number of rotatable bonds is 24. The van der Waals surface area contributed by atoms with E-state index in [1.165, 1.54) is 0 Å². The Kier molecular flexibility index (Phi) is 17.3. The van der Waals surface area contributed by atoms with E-state index in [9.17, 15) is 48.9 Å². The number of carboxylic acids is 4. The average Bonchev–Trinajstić information content (AvgIpc) is 3.14. The van der Waals surface area contributed by atoms with E-state index >= 15 is 0 Å². The highest BCUT2D eigenvalue weighted by Gasteiger charge is 2.54. The van der Waals surface area contributed by atoms with Gasteiger partial charge in [0, 0.05) is 49.4 Å². The van der Waals surface area contributed by atoms with E-state index in [1.807, 2.05) is 38.1 Å². The Morgan fingerprint density at radius 3 is 1.55 bits per heavy atom. The zero-order valence-electron chi connectivity index (χ0n) is 34.5. The molecule has 4 amide bonds. The number of nitrogens with zero attached hydrogens (tertiary/aromatic N) is 3. The van der Waals surface area contributed by atoms with Gasteiger partial charge in [-0.3, -0.25) is 29.3 Å². The third-order valence-electron chi connectivity index (χ3n) is 11.5. The summed E-state index contributed by atoms with van der Waals surface area (Å²) in [5.41, 5.74) is -3.30. The molecule has 0 spiro atoms. The molecule has 18 nitrogen and oxygen atoms in total. The fraction of sp³-hybridized carbons (Fsp3) is 0.575. The summed E-state index contributed by atoms with van der Waals surface area (Å²) >= 11 is 0. The predicted molar refractivity (Wildman–Crippen MR) is 211 cm³/mol. The molecule has 0 fully saturated rings. The second-order valence-electron chi connectivity index (χ2n) is 16.4. The summed E-state index contributed by atoms with van der Waals surface area (Å²) < 4.78 is 0. The first-order chi connectivity index (χ1) is 26.9. The fourth-order valence-corrected chi connectivity index (χ4v) is 6.05. The summed E-state index contributed by atoms with van der Waals surface area (Å²) in [4.78, 5) is 97.9. The number of carbonyl (C=O) groups is 7. The van der Waals surface area contributed by atoms with Gasteiger partial charge in [0.15, 0.2) is 0 Å². The highest BCUT2D eigenvalue weighted by Crippen LogP contribution is 2.43. The van der Waals surface area contributed by atoms with E-state index in [0.29, 0.717) is 13.1 Å². The minimum absolute atomic E-state index is 0.0767. The van der Waals surface area contributed by atoms with Gasteiger partial charge in [0.05, 0.1) is 22.2 Å². The van der Waals surface area contributed by atoms with Gasteiger partial charge in [-0.25, -0.2) is 19.2 Å². The van der Waals surface area contributed by atoms with Gasteiger partial charge in [-0.2, -0.15) is 0 Å². The number of hydrogen-bond donors (Lipinski definition) is 8. The molecule has 0 aliphatic rings. The Morgan fingerprint density at radius 1 is 0.638 bits per heavy atom. The van der Waals surface area contributed by atoms with Crippen molar-refractivity contribution in [3.8, 4) is 0 Å². The number of carbonyl (C=O) groups excluding carboxylic acids is 3. The van der Waals surface area contributed by atoms with Gasteiger partial charge in [-0.1, -0.05) is 53.7 Å². The molecule has 2 aromatic rings. The maximum Gasteiger partial charge on any atom is 0.326 e. The molecule has 0 saturated carbocycles. The largest absolute Gasteiger partial charge is 0.481 e. The second-order valence-corrected chi connectivity index (χ2v) is 16.4. The number of amides is 4. The molecular weight excluding hydrogens is 754 g/mol. The van der Waals surface area contributed by atoms with Crippen LogP contribution in [-0.2, 0) is 41.9 Å². The van der Waals surface area contributed by atoms with Crippen LogP contribution in [0.25, 0.3) is 0 Å². The first kappa shape index (κ1) is 48.5. The first-order valence-electron chi connectivity index (χ1n) is 19.0.